The van der Waals surface area contributed by atoms with Crippen LogP contribution in [-0.2, 0) is 9.59 Å². The topological polar surface area (TPSA) is 54.4 Å². The zero-order valence-corrected chi connectivity index (χ0v) is 14.8. The number of carbonyl (C=O) groups is 2. The van der Waals surface area contributed by atoms with Crippen LogP contribution in [0.25, 0.3) is 0 Å². The van der Waals surface area contributed by atoms with Crippen molar-refractivity contribution in [3.8, 4) is 0 Å². The van der Waals surface area contributed by atoms with Crippen LogP contribution in [0.3, 0.4) is 0 Å². The van der Waals surface area contributed by atoms with Crippen molar-refractivity contribution in [3.05, 3.63) is 24.3 Å². The number of allylic oxidation sites excluding steroid dienone is 4. The number of rotatable bonds is 16. The van der Waals surface area contributed by atoms with Gasteiger partial charge in [-0.3, -0.25) is 9.59 Å². The fraction of sp³-hybridized carbons (Fsp3) is 0.700. The largest absolute Gasteiger partial charge is 0.481 e. The molecule has 0 aliphatic carbocycles. The molecule has 132 valence electrons. The zero-order chi connectivity index (χ0) is 17.2. The fourth-order valence-corrected chi connectivity index (χ4v) is 2.39. The van der Waals surface area contributed by atoms with Gasteiger partial charge in [0, 0.05) is 12.8 Å². The van der Waals surface area contributed by atoms with Crippen LogP contribution in [0.4, 0.5) is 0 Å². The molecule has 3 heteroatoms. The number of ketones is 1. The Hall–Kier alpha value is -1.38. The van der Waals surface area contributed by atoms with Crippen LogP contribution in [0.1, 0.15) is 90.4 Å². The van der Waals surface area contributed by atoms with Crippen molar-refractivity contribution < 1.29 is 14.7 Å². The van der Waals surface area contributed by atoms with E-state index in [4.69, 9.17) is 5.11 Å². The summed E-state index contributed by atoms with van der Waals surface area (Å²) in [6.07, 6.45) is 20.6. The van der Waals surface area contributed by atoms with E-state index < -0.39 is 5.97 Å². The van der Waals surface area contributed by atoms with E-state index in [1.54, 1.807) is 6.08 Å². The van der Waals surface area contributed by atoms with Gasteiger partial charge in [0.05, 0.1) is 0 Å². The van der Waals surface area contributed by atoms with Crippen LogP contribution in [-0.4, -0.2) is 16.9 Å². The molecule has 0 aromatic rings. The van der Waals surface area contributed by atoms with Crippen molar-refractivity contribution in [1.82, 2.24) is 0 Å². The molecule has 0 radical (unpaired) electrons. The minimum atomic E-state index is -0.702. The average Bonchev–Trinajstić information content (AvgIpc) is 2.52. The molecule has 0 aromatic heterocycles. The molecule has 0 fully saturated rings. The van der Waals surface area contributed by atoms with Crippen LogP contribution in [0.15, 0.2) is 24.3 Å². The first-order chi connectivity index (χ1) is 11.2. The Morgan fingerprint density at radius 1 is 0.783 bits per heavy atom. The first kappa shape index (κ1) is 21.6. The number of aliphatic carboxylic acids is 1. The Bertz CT molecular complexity index is 356. The lowest BCUT2D eigenvalue weighted by Crippen LogP contribution is -1.94. The van der Waals surface area contributed by atoms with Gasteiger partial charge in [-0.05, 0) is 31.8 Å². The molecule has 0 spiro atoms. The Balaban J connectivity index is 3.37. The second-order valence-electron chi connectivity index (χ2n) is 6.12. The highest BCUT2D eigenvalue weighted by Crippen LogP contribution is 2.10. The summed E-state index contributed by atoms with van der Waals surface area (Å²) in [5.74, 6) is -0.489. The third-order valence-electron chi connectivity index (χ3n) is 3.82. The molecule has 0 saturated heterocycles. The Kier molecular flexibility index (Phi) is 16.0. The van der Waals surface area contributed by atoms with E-state index in [-0.39, 0.29) is 12.2 Å². The summed E-state index contributed by atoms with van der Waals surface area (Å²) in [6, 6.07) is 0. The van der Waals surface area contributed by atoms with Crippen molar-refractivity contribution in [2.24, 2.45) is 0 Å². The number of hydrogen-bond donors (Lipinski definition) is 1. The Morgan fingerprint density at radius 2 is 1.39 bits per heavy atom. The maximum absolute atomic E-state index is 11.6. The minimum absolute atomic E-state index is 0.213. The molecule has 0 aliphatic rings. The highest BCUT2D eigenvalue weighted by Gasteiger charge is 1.98. The van der Waals surface area contributed by atoms with E-state index in [1.807, 2.05) is 12.2 Å². The second-order valence-corrected chi connectivity index (χ2v) is 6.12. The van der Waals surface area contributed by atoms with Gasteiger partial charge in [0.2, 0.25) is 0 Å². The molecule has 0 unspecified atom stereocenters. The summed E-state index contributed by atoms with van der Waals surface area (Å²) in [5.41, 5.74) is 0. The van der Waals surface area contributed by atoms with Crippen molar-refractivity contribution >= 4 is 11.8 Å². The summed E-state index contributed by atoms with van der Waals surface area (Å²) in [7, 11) is 0. The number of hydrogen-bond acceptors (Lipinski definition) is 2. The maximum Gasteiger partial charge on any atom is 0.303 e. The maximum atomic E-state index is 11.6. The lowest BCUT2D eigenvalue weighted by Gasteiger charge is -2.00. The molecule has 0 bridgehead atoms. The van der Waals surface area contributed by atoms with Gasteiger partial charge in [0.1, 0.15) is 0 Å². The summed E-state index contributed by atoms with van der Waals surface area (Å²) in [6.45, 7) is 2.20. The number of carboxylic acid groups (broad SMARTS) is 1. The van der Waals surface area contributed by atoms with Gasteiger partial charge in [-0.25, -0.2) is 0 Å². The van der Waals surface area contributed by atoms with E-state index >= 15 is 0 Å². The number of carbonyl (C=O) groups excluding carboxylic acids is 1. The number of carboxylic acids is 1. The Labute approximate surface area is 141 Å². The molecule has 0 heterocycles. The molecule has 0 saturated carbocycles. The molecule has 0 atom stereocenters. The standard InChI is InChI=1S/C20H34O3/c1-2-3-4-5-7-10-13-16-19(21)17-14-11-8-6-9-12-15-18-20(22)23/h7,10,13,16H,2-6,8-9,11-12,14-15,17-18H2,1H3,(H,22,23). The first-order valence-electron chi connectivity index (χ1n) is 9.24. The van der Waals surface area contributed by atoms with E-state index in [1.165, 1.54) is 19.3 Å². The summed E-state index contributed by atoms with van der Waals surface area (Å²) < 4.78 is 0. The van der Waals surface area contributed by atoms with Gasteiger partial charge in [-0.2, -0.15) is 0 Å². The summed E-state index contributed by atoms with van der Waals surface area (Å²) >= 11 is 0. The molecular formula is C20H34O3. The third-order valence-corrected chi connectivity index (χ3v) is 3.82. The molecule has 0 rings (SSSR count). The normalized spacial score (nSPS) is 11.5. The lowest BCUT2D eigenvalue weighted by molar-refractivity contribution is -0.137. The molecule has 0 amide bonds. The predicted molar refractivity (Wildman–Crippen MR) is 96.6 cm³/mol. The zero-order valence-electron chi connectivity index (χ0n) is 14.8. The van der Waals surface area contributed by atoms with Crippen LogP contribution >= 0.6 is 0 Å². The van der Waals surface area contributed by atoms with Crippen LogP contribution in [0.2, 0.25) is 0 Å². The molecule has 1 N–H and O–H groups in total. The predicted octanol–water partition coefficient (Wildman–Crippen LogP) is 5.84. The van der Waals surface area contributed by atoms with Crippen molar-refractivity contribution in [1.29, 1.82) is 0 Å². The van der Waals surface area contributed by atoms with Gasteiger partial charge >= 0.3 is 5.97 Å². The van der Waals surface area contributed by atoms with Crippen molar-refractivity contribution in [3.63, 3.8) is 0 Å². The number of unbranched alkanes of at least 4 members (excludes halogenated alkanes) is 9. The monoisotopic (exact) mass is 322 g/mol. The van der Waals surface area contributed by atoms with E-state index in [0.717, 1.165) is 51.4 Å². The van der Waals surface area contributed by atoms with Gasteiger partial charge in [-0.15, -0.1) is 0 Å². The quantitative estimate of drug-likeness (QED) is 0.220. The second kappa shape index (κ2) is 17.0. The lowest BCUT2D eigenvalue weighted by atomic mass is 10.1. The van der Waals surface area contributed by atoms with Crippen LogP contribution < -0.4 is 0 Å². The molecule has 0 aromatic carbocycles. The summed E-state index contributed by atoms with van der Waals surface area (Å²) in [5, 5.41) is 8.52. The van der Waals surface area contributed by atoms with Gasteiger partial charge in [0.25, 0.3) is 0 Å². The molecule has 0 aliphatic heterocycles. The van der Waals surface area contributed by atoms with E-state index in [0.29, 0.717) is 6.42 Å². The average molecular weight is 322 g/mol. The van der Waals surface area contributed by atoms with E-state index in [9.17, 15) is 9.59 Å². The van der Waals surface area contributed by atoms with Gasteiger partial charge in [0.15, 0.2) is 5.78 Å². The highest BCUT2D eigenvalue weighted by atomic mass is 16.4. The van der Waals surface area contributed by atoms with Crippen LogP contribution in [0, 0.1) is 0 Å². The molecular weight excluding hydrogens is 288 g/mol. The molecule has 23 heavy (non-hydrogen) atoms. The van der Waals surface area contributed by atoms with Gasteiger partial charge in [-0.1, -0.05) is 70.1 Å². The van der Waals surface area contributed by atoms with Crippen molar-refractivity contribution in [2.45, 2.75) is 90.4 Å². The minimum Gasteiger partial charge on any atom is -0.481 e. The van der Waals surface area contributed by atoms with Crippen molar-refractivity contribution in [2.75, 3.05) is 0 Å². The SMILES string of the molecule is CCCCCC=CC=CC(=O)CCCCCCCCCC(=O)O. The Morgan fingerprint density at radius 3 is 2.00 bits per heavy atom. The summed E-state index contributed by atoms with van der Waals surface area (Å²) in [4.78, 5) is 22.0. The van der Waals surface area contributed by atoms with Gasteiger partial charge < -0.3 is 5.11 Å². The van der Waals surface area contributed by atoms with Crippen LogP contribution in [0.5, 0.6) is 0 Å². The molecule has 3 nitrogen and oxygen atoms in total. The fourth-order valence-electron chi connectivity index (χ4n) is 2.39. The third kappa shape index (κ3) is 18.6. The highest BCUT2D eigenvalue weighted by molar-refractivity contribution is 5.89. The first-order valence-corrected chi connectivity index (χ1v) is 9.24. The van der Waals surface area contributed by atoms with E-state index in [2.05, 4.69) is 13.0 Å². The smallest absolute Gasteiger partial charge is 0.303 e.